The first-order valence-corrected chi connectivity index (χ1v) is 2.94. The Bertz CT molecular complexity index is 121. The SMILES string of the molecule is CCN(CCO)/[N+]([O-])=N/O.[NaH]. The zero-order valence-corrected chi connectivity index (χ0v) is 5.77. The molecule has 0 bridgehead atoms. The summed E-state index contributed by atoms with van der Waals surface area (Å²) >= 11 is 0. The molecule has 0 radical (unpaired) electrons. The molecule has 11 heavy (non-hydrogen) atoms. The number of aliphatic hydroxyl groups excluding tert-OH is 1. The van der Waals surface area contributed by atoms with E-state index < -0.39 is 0 Å². The Kier molecular flexibility index (Phi) is 9.92. The second kappa shape index (κ2) is 8.06. The Labute approximate surface area is 86.9 Å². The second-order valence-electron chi connectivity index (χ2n) is 1.61. The summed E-state index contributed by atoms with van der Waals surface area (Å²) < 4.78 is 0. The van der Waals surface area contributed by atoms with Gasteiger partial charge in [-0.2, -0.15) is 0 Å². The van der Waals surface area contributed by atoms with Crippen molar-refractivity contribution in [1.82, 2.24) is 5.01 Å². The van der Waals surface area contributed by atoms with Gasteiger partial charge >= 0.3 is 29.6 Å². The molecule has 0 aromatic carbocycles. The van der Waals surface area contributed by atoms with Gasteiger partial charge in [0.2, 0.25) is 5.28 Å². The summed E-state index contributed by atoms with van der Waals surface area (Å²) in [4.78, 5) is 0.0379. The monoisotopic (exact) mass is 173 g/mol. The van der Waals surface area contributed by atoms with E-state index in [0.29, 0.717) is 6.54 Å². The molecule has 0 amide bonds. The van der Waals surface area contributed by atoms with Crippen LogP contribution >= 0.6 is 0 Å². The van der Waals surface area contributed by atoms with Gasteiger partial charge in [-0.25, -0.2) is 0 Å². The molecule has 0 aliphatic rings. The van der Waals surface area contributed by atoms with Crippen LogP contribution in [0.3, 0.4) is 0 Å². The predicted octanol–water partition coefficient (Wildman–Crippen LogP) is -1.08. The van der Waals surface area contributed by atoms with Crippen molar-refractivity contribution in [2.45, 2.75) is 6.92 Å². The first kappa shape index (κ1) is 13.5. The van der Waals surface area contributed by atoms with Crippen molar-refractivity contribution in [1.29, 1.82) is 0 Å². The van der Waals surface area contributed by atoms with E-state index in [9.17, 15) is 5.21 Å². The molecule has 0 aliphatic carbocycles. The number of rotatable bonds is 4. The number of aliphatic hydroxyl groups is 1. The molecule has 62 valence electrons. The molecular weight excluding hydrogens is 161 g/mol. The van der Waals surface area contributed by atoms with Gasteiger partial charge in [0.05, 0.1) is 24.7 Å². The van der Waals surface area contributed by atoms with Crippen LogP contribution in [0.15, 0.2) is 5.28 Å². The molecule has 0 unspecified atom stereocenters. The Balaban J connectivity index is 0. The van der Waals surface area contributed by atoms with E-state index in [0.717, 1.165) is 5.01 Å². The predicted molar refractivity (Wildman–Crippen MR) is 39.3 cm³/mol. The van der Waals surface area contributed by atoms with Gasteiger partial charge in [-0.15, -0.1) is 5.01 Å². The summed E-state index contributed by atoms with van der Waals surface area (Å²) in [6, 6.07) is 0. The minimum atomic E-state index is -0.137. The van der Waals surface area contributed by atoms with Crippen molar-refractivity contribution in [2.24, 2.45) is 5.28 Å². The summed E-state index contributed by atoms with van der Waals surface area (Å²) in [5, 5.41) is 30.3. The van der Waals surface area contributed by atoms with Crippen LogP contribution in [0.25, 0.3) is 0 Å². The second-order valence-corrected chi connectivity index (χ2v) is 1.61. The maximum absolute atomic E-state index is 10.4. The molecule has 0 fully saturated rings. The van der Waals surface area contributed by atoms with Gasteiger partial charge in [-0.1, -0.05) is 0 Å². The summed E-state index contributed by atoms with van der Waals surface area (Å²) in [6.45, 7) is 2.14. The van der Waals surface area contributed by atoms with E-state index in [1.165, 1.54) is 0 Å². The van der Waals surface area contributed by atoms with Gasteiger partial charge in [0, 0.05) is 0 Å². The summed E-state index contributed by atoms with van der Waals surface area (Å²) in [7, 11) is 0. The van der Waals surface area contributed by atoms with Crippen LogP contribution in [0, 0.1) is 5.21 Å². The Hall–Kier alpha value is -0.0400. The Morgan fingerprint density at radius 2 is 2.18 bits per heavy atom. The third-order valence-electron chi connectivity index (χ3n) is 1.04. The zero-order chi connectivity index (χ0) is 7.98. The van der Waals surface area contributed by atoms with Crippen LogP contribution in [-0.2, 0) is 0 Å². The molecule has 2 N–H and O–H groups in total. The molecule has 6 nitrogen and oxygen atoms in total. The molecule has 0 atom stereocenters. The molecule has 0 aromatic rings. The quantitative estimate of drug-likeness (QED) is 0.245. The summed E-state index contributed by atoms with van der Waals surface area (Å²) in [6.07, 6.45) is 0. The van der Waals surface area contributed by atoms with Crippen LogP contribution < -0.4 is 0 Å². The van der Waals surface area contributed by atoms with Crippen molar-refractivity contribution in [3.8, 4) is 0 Å². The van der Waals surface area contributed by atoms with Crippen molar-refractivity contribution < 1.29 is 15.3 Å². The van der Waals surface area contributed by atoms with Gasteiger partial charge in [0.15, 0.2) is 0 Å². The maximum atomic E-state index is 10.4. The molecule has 7 heteroatoms. The van der Waals surface area contributed by atoms with Gasteiger partial charge in [-0.05, 0) is 6.92 Å². The van der Waals surface area contributed by atoms with Crippen molar-refractivity contribution in [3.63, 3.8) is 0 Å². The van der Waals surface area contributed by atoms with E-state index >= 15 is 0 Å². The van der Waals surface area contributed by atoms with Crippen LogP contribution in [0.5, 0.6) is 0 Å². The van der Waals surface area contributed by atoms with E-state index in [2.05, 4.69) is 5.28 Å². The van der Waals surface area contributed by atoms with Gasteiger partial charge in [0.25, 0.3) is 0 Å². The first-order valence-electron chi connectivity index (χ1n) is 2.94. The number of nitrogens with zero attached hydrogens (tertiary/aromatic N) is 3. The van der Waals surface area contributed by atoms with Crippen molar-refractivity contribution in [2.75, 3.05) is 19.7 Å². The van der Waals surface area contributed by atoms with Crippen LogP contribution in [0.2, 0.25) is 0 Å². The minimum absolute atomic E-state index is 0. The van der Waals surface area contributed by atoms with E-state index in [1.807, 2.05) is 0 Å². The summed E-state index contributed by atoms with van der Waals surface area (Å²) in [5.74, 6) is 0. The van der Waals surface area contributed by atoms with Gasteiger partial charge in [0.1, 0.15) is 0 Å². The molecule has 0 aliphatic heterocycles. The first-order chi connectivity index (χ1) is 4.76. The average Bonchev–Trinajstić information content (AvgIpc) is 1.99. The van der Waals surface area contributed by atoms with Crippen LogP contribution in [0.4, 0.5) is 0 Å². The number of hydrogen-bond acceptors (Lipinski definition) is 3. The summed E-state index contributed by atoms with van der Waals surface area (Å²) in [5.41, 5.74) is 0. The zero-order valence-electron chi connectivity index (χ0n) is 5.77. The fraction of sp³-hybridized carbons (Fsp3) is 1.00. The third-order valence-corrected chi connectivity index (χ3v) is 1.04. The number of hydrazine groups is 1. The Morgan fingerprint density at radius 1 is 1.64 bits per heavy atom. The van der Waals surface area contributed by atoms with Crippen LogP contribution in [-0.4, -0.2) is 69.5 Å². The van der Waals surface area contributed by atoms with E-state index in [-0.39, 0.29) is 47.7 Å². The average molecular weight is 173 g/mol. The third kappa shape index (κ3) is 5.25. The molecule has 0 saturated carbocycles. The number of likely N-dealkylation sites (N-methyl/N-ethyl adjacent to an activating group) is 1. The van der Waals surface area contributed by atoms with Crippen LogP contribution in [0.1, 0.15) is 6.92 Å². The van der Waals surface area contributed by atoms with Gasteiger partial charge in [-0.3, -0.25) is 0 Å². The molecule has 0 aromatic heterocycles. The molecule has 0 spiro atoms. The number of hydrogen-bond donors (Lipinski definition) is 2. The molecular formula is C4H12N3NaO3. The fourth-order valence-electron chi connectivity index (χ4n) is 0.537. The van der Waals surface area contributed by atoms with Crippen molar-refractivity contribution in [3.05, 3.63) is 5.21 Å². The van der Waals surface area contributed by atoms with Gasteiger partial charge < -0.3 is 15.5 Å². The topological polar surface area (TPSA) is 82.1 Å². The Morgan fingerprint density at radius 3 is 2.45 bits per heavy atom. The molecule has 0 heterocycles. The van der Waals surface area contributed by atoms with E-state index in [4.69, 9.17) is 10.3 Å². The molecule has 0 rings (SSSR count). The van der Waals surface area contributed by atoms with E-state index in [1.54, 1.807) is 6.92 Å². The molecule has 0 saturated heterocycles. The normalized spacial score (nSPS) is 10.5. The standard InChI is InChI=1S/C4H11N3O3.Na.H/c1-2-6(3-4-8)7(10)5-9;;/h8-9H,2-4H2,1H3;;/b7-5-;;. The van der Waals surface area contributed by atoms with Crippen molar-refractivity contribution >= 4 is 29.6 Å². The fourth-order valence-corrected chi connectivity index (χ4v) is 0.537.